The number of pyridine rings is 1. The maximum atomic E-state index is 8.88. The second-order valence-electron chi connectivity index (χ2n) is 4.54. The molecule has 1 aromatic heterocycles. The highest BCUT2D eigenvalue weighted by molar-refractivity contribution is 5.97. The third-order valence-corrected chi connectivity index (χ3v) is 2.88. The Morgan fingerprint density at radius 2 is 2.00 bits per heavy atom. The lowest BCUT2D eigenvalue weighted by Crippen LogP contribution is -2.13. The summed E-state index contributed by atoms with van der Waals surface area (Å²) in [4.78, 5) is 4.25. The van der Waals surface area contributed by atoms with Gasteiger partial charge in [0, 0.05) is 23.9 Å². The van der Waals surface area contributed by atoms with Crippen molar-refractivity contribution in [2.45, 2.75) is 13.3 Å². The van der Waals surface area contributed by atoms with Crippen molar-refractivity contribution in [1.82, 2.24) is 4.98 Å². The molecule has 0 amide bonds. The Morgan fingerprint density at radius 3 is 2.62 bits per heavy atom. The molecule has 0 fully saturated rings. The maximum Gasteiger partial charge on any atom is 0.220 e. The van der Waals surface area contributed by atoms with E-state index in [0.717, 1.165) is 5.56 Å². The quantitative estimate of drug-likeness (QED) is 0.337. The van der Waals surface area contributed by atoms with Crippen molar-refractivity contribution in [2.24, 2.45) is 10.9 Å². The number of aryl methyl sites for hydroxylation is 1. The van der Waals surface area contributed by atoms with Crippen molar-refractivity contribution >= 4 is 5.84 Å². The van der Waals surface area contributed by atoms with E-state index in [4.69, 9.17) is 20.8 Å². The number of rotatable bonds is 5. The second kappa shape index (κ2) is 6.71. The lowest BCUT2D eigenvalue weighted by molar-refractivity contribution is 0.299. The van der Waals surface area contributed by atoms with E-state index in [1.807, 2.05) is 12.1 Å². The van der Waals surface area contributed by atoms with Gasteiger partial charge in [0.2, 0.25) is 5.88 Å². The van der Waals surface area contributed by atoms with E-state index in [2.05, 4.69) is 10.1 Å². The zero-order valence-corrected chi connectivity index (χ0v) is 11.7. The smallest absolute Gasteiger partial charge is 0.220 e. The maximum absolute atomic E-state index is 8.88. The van der Waals surface area contributed by atoms with Gasteiger partial charge in [0.1, 0.15) is 5.75 Å². The van der Waals surface area contributed by atoms with E-state index in [9.17, 15) is 0 Å². The first-order valence-corrected chi connectivity index (χ1v) is 6.46. The molecule has 6 nitrogen and oxygen atoms in total. The summed E-state index contributed by atoms with van der Waals surface area (Å²) in [6.07, 6.45) is 0.608. The number of oxime groups is 1. The molecule has 0 aliphatic carbocycles. The molecule has 2 aromatic rings. The molecule has 1 aromatic carbocycles. The zero-order chi connectivity index (χ0) is 15.2. The molecule has 0 atom stereocenters. The topological polar surface area (TPSA) is 101 Å². The molecule has 6 heteroatoms. The Labute approximate surface area is 122 Å². The summed E-state index contributed by atoms with van der Waals surface area (Å²) in [5, 5.41) is 20.6. The number of amidine groups is 1. The van der Waals surface area contributed by atoms with E-state index in [1.165, 1.54) is 0 Å². The van der Waals surface area contributed by atoms with Crippen LogP contribution in [-0.2, 0) is 6.42 Å². The zero-order valence-electron chi connectivity index (χ0n) is 11.7. The molecule has 21 heavy (non-hydrogen) atoms. The third kappa shape index (κ3) is 3.93. The number of aliphatic hydroxyl groups excluding tert-OH is 1. The first-order chi connectivity index (χ1) is 10.1. The average molecular weight is 287 g/mol. The van der Waals surface area contributed by atoms with Crippen molar-refractivity contribution in [3.05, 3.63) is 53.2 Å². The van der Waals surface area contributed by atoms with Gasteiger partial charge in [-0.05, 0) is 37.1 Å². The molecular formula is C15H17N3O3. The van der Waals surface area contributed by atoms with Crippen LogP contribution in [0.4, 0.5) is 0 Å². The van der Waals surface area contributed by atoms with Gasteiger partial charge in [-0.1, -0.05) is 17.3 Å². The monoisotopic (exact) mass is 287 g/mol. The molecule has 0 aliphatic heterocycles. The van der Waals surface area contributed by atoms with Crippen LogP contribution in [0, 0.1) is 6.92 Å². The number of hydrogen-bond acceptors (Lipinski definition) is 5. The number of ether oxygens (including phenoxy) is 1. The van der Waals surface area contributed by atoms with Crippen LogP contribution in [0.5, 0.6) is 11.6 Å². The first-order valence-electron chi connectivity index (χ1n) is 6.46. The summed E-state index contributed by atoms with van der Waals surface area (Å²) < 4.78 is 5.66. The van der Waals surface area contributed by atoms with Gasteiger partial charge in [-0.15, -0.1) is 0 Å². The number of aliphatic hydroxyl groups is 1. The van der Waals surface area contributed by atoms with Gasteiger partial charge in [0.05, 0.1) is 0 Å². The van der Waals surface area contributed by atoms with E-state index >= 15 is 0 Å². The molecule has 2 rings (SSSR count). The molecule has 1 heterocycles. The van der Waals surface area contributed by atoms with E-state index < -0.39 is 0 Å². The van der Waals surface area contributed by atoms with Crippen LogP contribution in [0.2, 0.25) is 0 Å². The van der Waals surface area contributed by atoms with Crippen molar-refractivity contribution in [2.75, 3.05) is 6.61 Å². The molecule has 0 saturated heterocycles. The Balaban J connectivity index is 2.20. The average Bonchev–Trinajstić information content (AvgIpc) is 2.48. The highest BCUT2D eigenvalue weighted by Crippen LogP contribution is 2.21. The highest BCUT2D eigenvalue weighted by atomic mass is 16.5. The van der Waals surface area contributed by atoms with Gasteiger partial charge < -0.3 is 20.8 Å². The van der Waals surface area contributed by atoms with Crippen LogP contribution in [0.3, 0.4) is 0 Å². The fourth-order valence-corrected chi connectivity index (χ4v) is 1.87. The summed E-state index contributed by atoms with van der Waals surface area (Å²) in [6.45, 7) is 1.91. The SMILES string of the molecule is Cc1cc(/C(N)=N/O)cc(Oc2ccc(CCO)cc2)n1. The van der Waals surface area contributed by atoms with Crippen LogP contribution < -0.4 is 10.5 Å². The minimum absolute atomic E-state index is 0.00337. The molecular weight excluding hydrogens is 270 g/mol. The molecule has 0 radical (unpaired) electrons. The standard InChI is InChI=1S/C15H17N3O3/c1-10-8-12(15(16)18-20)9-14(17-10)21-13-4-2-11(3-5-13)6-7-19/h2-5,8-9,19-20H,6-7H2,1H3,(H2,16,18). The Morgan fingerprint density at radius 1 is 1.29 bits per heavy atom. The number of hydrogen-bond donors (Lipinski definition) is 3. The van der Waals surface area contributed by atoms with Crippen LogP contribution in [0.15, 0.2) is 41.6 Å². The van der Waals surface area contributed by atoms with E-state index in [0.29, 0.717) is 29.3 Å². The summed E-state index contributed by atoms with van der Waals surface area (Å²) >= 11 is 0. The van der Waals surface area contributed by atoms with Crippen LogP contribution in [-0.4, -0.2) is 27.7 Å². The second-order valence-corrected chi connectivity index (χ2v) is 4.54. The number of nitrogens with zero attached hydrogens (tertiary/aromatic N) is 2. The summed E-state index contributed by atoms with van der Waals surface area (Å²) in [7, 11) is 0. The Kier molecular flexibility index (Phi) is 4.73. The van der Waals surface area contributed by atoms with Crippen LogP contribution in [0.1, 0.15) is 16.8 Å². The molecule has 0 aliphatic rings. The Hall–Kier alpha value is -2.60. The van der Waals surface area contributed by atoms with Gasteiger partial charge >= 0.3 is 0 Å². The normalized spacial score (nSPS) is 11.4. The van der Waals surface area contributed by atoms with Crippen LogP contribution in [0.25, 0.3) is 0 Å². The van der Waals surface area contributed by atoms with Gasteiger partial charge in [0.25, 0.3) is 0 Å². The summed E-state index contributed by atoms with van der Waals surface area (Å²) in [5.41, 5.74) is 7.84. The predicted octanol–water partition coefficient (Wildman–Crippen LogP) is 1.81. The number of nitrogens with two attached hydrogens (primary N) is 1. The number of benzene rings is 1. The molecule has 0 spiro atoms. The fraction of sp³-hybridized carbons (Fsp3) is 0.200. The van der Waals surface area contributed by atoms with Crippen molar-refractivity contribution in [1.29, 1.82) is 0 Å². The summed E-state index contributed by atoms with van der Waals surface area (Å²) in [6, 6.07) is 10.7. The van der Waals surface area contributed by atoms with Gasteiger partial charge in [0.15, 0.2) is 5.84 Å². The van der Waals surface area contributed by atoms with Gasteiger partial charge in [-0.25, -0.2) is 4.98 Å². The van der Waals surface area contributed by atoms with Crippen molar-refractivity contribution in [3.63, 3.8) is 0 Å². The fourth-order valence-electron chi connectivity index (χ4n) is 1.87. The van der Waals surface area contributed by atoms with E-state index in [-0.39, 0.29) is 12.4 Å². The first kappa shape index (κ1) is 14.8. The summed E-state index contributed by atoms with van der Waals surface area (Å²) in [5.74, 6) is 0.996. The van der Waals surface area contributed by atoms with Gasteiger partial charge in [-0.3, -0.25) is 0 Å². The third-order valence-electron chi connectivity index (χ3n) is 2.88. The molecule has 0 saturated carbocycles. The minimum Gasteiger partial charge on any atom is -0.439 e. The predicted molar refractivity (Wildman–Crippen MR) is 78.8 cm³/mol. The van der Waals surface area contributed by atoms with Gasteiger partial charge in [-0.2, -0.15) is 0 Å². The molecule has 4 N–H and O–H groups in total. The molecule has 0 bridgehead atoms. The largest absolute Gasteiger partial charge is 0.439 e. The van der Waals surface area contributed by atoms with Crippen molar-refractivity contribution in [3.8, 4) is 11.6 Å². The highest BCUT2D eigenvalue weighted by Gasteiger charge is 2.06. The molecule has 110 valence electrons. The Bertz CT molecular complexity index is 639. The van der Waals surface area contributed by atoms with Crippen molar-refractivity contribution < 1.29 is 15.1 Å². The lowest BCUT2D eigenvalue weighted by Gasteiger charge is -2.08. The lowest BCUT2D eigenvalue weighted by atomic mass is 10.1. The molecule has 0 unspecified atom stereocenters. The minimum atomic E-state index is 0.00337. The van der Waals surface area contributed by atoms with Crippen LogP contribution >= 0.6 is 0 Å². The number of aromatic nitrogens is 1. The van der Waals surface area contributed by atoms with E-state index in [1.54, 1.807) is 31.2 Å².